The molecule has 0 aliphatic heterocycles. The van der Waals surface area contributed by atoms with Crippen molar-refractivity contribution >= 4 is 44.1 Å². The van der Waals surface area contributed by atoms with Crippen LogP contribution in [-0.2, 0) is 10.0 Å². The van der Waals surface area contributed by atoms with Crippen LogP contribution in [0.1, 0.15) is 10.4 Å². The number of nitrogens with zero attached hydrogens (tertiary/aromatic N) is 1. The first-order valence-electron chi connectivity index (χ1n) is 6.84. The van der Waals surface area contributed by atoms with E-state index in [0.29, 0.717) is 10.9 Å². The van der Waals surface area contributed by atoms with Gasteiger partial charge in [0.25, 0.3) is 15.9 Å². The van der Waals surface area contributed by atoms with Gasteiger partial charge in [-0.25, -0.2) is 8.42 Å². The zero-order valence-corrected chi connectivity index (χ0v) is 13.8. The lowest BCUT2D eigenvalue weighted by Gasteiger charge is -2.12. The minimum atomic E-state index is -3.97. The molecule has 3 rings (SSSR count). The summed E-state index contributed by atoms with van der Waals surface area (Å²) in [4.78, 5) is 15.7. The fourth-order valence-electron chi connectivity index (χ4n) is 2.30. The summed E-state index contributed by atoms with van der Waals surface area (Å²) in [6.07, 6.45) is 1.51. The number of sulfonamides is 1. The maximum absolute atomic E-state index is 12.7. The topological polar surface area (TPSA) is 102 Å². The van der Waals surface area contributed by atoms with Crippen molar-refractivity contribution in [1.29, 1.82) is 0 Å². The molecule has 0 spiro atoms. The number of para-hydroxylation sites is 1. The van der Waals surface area contributed by atoms with Gasteiger partial charge in [0.2, 0.25) is 0 Å². The van der Waals surface area contributed by atoms with Gasteiger partial charge in [-0.2, -0.15) is 0 Å². The second-order valence-corrected chi connectivity index (χ2v) is 7.08. The van der Waals surface area contributed by atoms with Gasteiger partial charge < -0.3 is 5.73 Å². The second kappa shape index (κ2) is 6.10. The zero-order valence-electron chi connectivity index (χ0n) is 12.2. The van der Waals surface area contributed by atoms with Crippen molar-refractivity contribution in [3.63, 3.8) is 0 Å². The summed E-state index contributed by atoms with van der Waals surface area (Å²) in [6.45, 7) is 0. The van der Waals surface area contributed by atoms with Gasteiger partial charge in [0, 0.05) is 16.6 Å². The number of pyridine rings is 1. The number of benzene rings is 2. The molecule has 1 amide bonds. The second-order valence-electron chi connectivity index (χ2n) is 4.99. The van der Waals surface area contributed by atoms with Crippen molar-refractivity contribution in [3.05, 3.63) is 65.3 Å². The van der Waals surface area contributed by atoms with Crippen LogP contribution in [0, 0.1) is 0 Å². The Labute approximate surface area is 143 Å². The van der Waals surface area contributed by atoms with Crippen molar-refractivity contribution in [3.8, 4) is 0 Å². The van der Waals surface area contributed by atoms with Crippen LogP contribution in [0.15, 0.2) is 59.6 Å². The molecule has 1 aromatic heterocycles. The van der Waals surface area contributed by atoms with Gasteiger partial charge in [-0.15, -0.1) is 0 Å². The number of halogens is 1. The van der Waals surface area contributed by atoms with Crippen molar-refractivity contribution < 1.29 is 13.2 Å². The van der Waals surface area contributed by atoms with Gasteiger partial charge in [0.15, 0.2) is 0 Å². The van der Waals surface area contributed by atoms with Crippen LogP contribution in [-0.4, -0.2) is 19.3 Å². The van der Waals surface area contributed by atoms with Crippen LogP contribution in [0.2, 0.25) is 5.02 Å². The van der Waals surface area contributed by atoms with E-state index in [1.165, 1.54) is 30.5 Å². The average molecular weight is 362 g/mol. The molecule has 1 heterocycles. The van der Waals surface area contributed by atoms with Crippen molar-refractivity contribution in [1.82, 2.24) is 4.98 Å². The largest absolute Gasteiger partial charge is 0.366 e. The van der Waals surface area contributed by atoms with Crippen molar-refractivity contribution in [2.75, 3.05) is 4.72 Å². The first kappa shape index (κ1) is 16.2. The third-order valence-corrected chi connectivity index (χ3v) is 5.01. The Morgan fingerprint density at radius 3 is 2.62 bits per heavy atom. The number of carbonyl (C=O) groups excluding carboxylic acids is 1. The number of hydrogen-bond donors (Lipinski definition) is 2. The fourth-order valence-corrected chi connectivity index (χ4v) is 3.73. The van der Waals surface area contributed by atoms with E-state index >= 15 is 0 Å². The van der Waals surface area contributed by atoms with Crippen LogP contribution < -0.4 is 10.5 Å². The number of hydrogen-bond acceptors (Lipinski definition) is 4. The maximum atomic E-state index is 12.7. The molecular formula is C16H12ClN3O3S. The Hall–Kier alpha value is -2.64. The Morgan fingerprint density at radius 1 is 1.12 bits per heavy atom. The highest BCUT2D eigenvalue weighted by Gasteiger charge is 2.21. The highest BCUT2D eigenvalue weighted by molar-refractivity contribution is 7.93. The summed E-state index contributed by atoms with van der Waals surface area (Å²) in [5.41, 5.74) is 5.66. The molecule has 0 saturated carbocycles. The van der Waals surface area contributed by atoms with Gasteiger partial charge >= 0.3 is 0 Å². The Kier molecular flexibility index (Phi) is 4.13. The van der Waals surface area contributed by atoms with E-state index in [1.807, 2.05) is 0 Å². The smallest absolute Gasteiger partial charge is 0.264 e. The van der Waals surface area contributed by atoms with E-state index in [1.54, 1.807) is 24.3 Å². The van der Waals surface area contributed by atoms with Gasteiger partial charge in [-0.1, -0.05) is 29.8 Å². The maximum Gasteiger partial charge on any atom is 0.264 e. The lowest BCUT2D eigenvalue weighted by molar-refractivity contribution is 0.100. The summed E-state index contributed by atoms with van der Waals surface area (Å²) in [5, 5.41) is 0.963. The Morgan fingerprint density at radius 2 is 1.88 bits per heavy atom. The summed E-state index contributed by atoms with van der Waals surface area (Å²) in [6, 6.07) is 12.5. The molecule has 8 heteroatoms. The zero-order chi connectivity index (χ0) is 17.3. The number of fused-ring (bicyclic) bond motifs is 1. The highest BCUT2D eigenvalue weighted by atomic mass is 35.5. The van der Waals surface area contributed by atoms with Gasteiger partial charge in [0.1, 0.15) is 4.90 Å². The molecule has 3 N–H and O–H groups in total. The molecular weight excluding hydrogens is 350 g/mol. The van der Waals surface area contributed by atoms with Crippen LogP contribution in [0.5, 0.6) is 0 Å². The third kappa shape index (κ3) is 3.04. The number of nitrogens with one attached hydrogen (secondary N) is 1. The van der Waals surface area contributed by atoms with Gasteiger partial charge in [-0.3, -0.25) is 14.5 Å². The van der Waals surface area contributed by atoms with Crippen LogP contribution in [0.4, 0.5) is 5.69 Å². The number of aromatic nitrogens is 1. The van der Waals surface area contributed by atoms with E-state index < -0.39 is 15.9 Å². The standard InChI is InChI=1S/C16H12ClN3O3S/c17-11-6-7-13(12(9-11)16(18)21)20-24(22,23)14-5-1-3-10-4-2-8-19-15(10)14/h1-9,20H,(H2,18,21). The van der Waals surface area contributed by atoms with Crippen LogP contribution in [0.3, 0.4) is 0 Å². The lowest BCUT2D eigenvalue weighted by Crippen LogP contribution is -2.19. The van der Waals surface area contributed by atoms with Gasteiger partial charge in [0.05, 0.1) is 16.8 Å². The highest BCUT2D eigenvalue weighted by Crippen LogP contribution is 2.26. The first-order chi connectivity index (χ1) is 11.4. The molecule has 24 heavy (non-hydrogen) atoms. The molecule has 0 fully saturated rings. The third-order valence-electron chi connectivity index (χ3n) is 3.38. The number of primary amides is 1. The van der Waals surface area contributed by atoms with Crippen molar-refractivity contribution in [2.45, 2.75) is 4.90 Å². The quantitative estimate of drug-likeness (QED) is 0.745. The predicted molar refractivity (Wildman–Crippen MR) is 92.5 cm³/mol. The lowest BCUT2D eigenvalue weighted by atomic mass is 10.2. The molecule has 122 valence electrons. The van der Waals surface area contributed by atoms with Crippen LogP contribution in [0.25, 0.3) is 10.9 Å². The summed E-state index contributed by atoms with van der Waals surface area (Å²) in [5.74, 6) is -0.786. The first-order valence-corrected chi connectivity index (χ1v) is 8.70. The summed E-state index contributed by atoms with van der Waals surface area (Å²) < 4.78 is 27.9. The molecule has 0 saturated heterocycles. The number of nitrogens with two attached hydrogens (primary N) is 1. The van der Waals surface area contributed by atoms with Crippen LogP contribution >= 0.6 is 11.6 Å². The molecule has 0 radical (unpaired) electrons. The van der Waals surface area contributed by atoms with E-state index in [2.05, 4.69) is 9.71 Å². The minimum Gasteiger partial charge on any atom is -0.366 e. The van der Waals surface area contributed by atoms with E-state index in [4.69, 9.17) is 17.3 Å². The SMILES string of the molecule is NC(=O)c1cc(Cl)ccc1NS(=O)(=O)c1cccc2cccnc12. The monoisotopic (exact) mass is 361 g/mol. The Balaban J connectivity index is 2.11. The summed E-state index contributed by atoms with van der Waals surface area (Å²) in [7, 11) is -3.97. The average Bonchev–Trinajstić information content (AvgIpc) is 2.55. The minimum absolute atomic E-state index is 0.00553. The number of amides is 1. The van der Waals surface area contributed by atoms with E-state index in [0.717, 1.165) is 0 Å². The Bertz CT molecular complexity index is 1050. The van der Waals surface area contributed by atoms with E-state index in [9.17, 15) is 13.2 Å². The molecule has 2 aromatic carbocycles. The summed E-state index contributed by atoms with van der Waals surface area (Å²) >= 11 is 5.83. The molecule has 0 aliphatic carbocycles. The predicted octanol–water partition coefficient (Wildman–Crippen LogP) is 2.79. The number of anilines is 1. The molecule has 0 aliphatic rings. The molecule has 0 atom stereocenters. The normalized spacial score (nSPS) is 11.4. The number of carbonyl (C=O) groups is 1. The molecule has 6 nitrogen and oxygen atoms in total. The fraction of sp³-hybridized carbons (Fsp3) is 0. The van der Waals surface area contributed by atoms with Gasteiger partial charge in [-0.05, 0) is 30.3 Å². The molecule has 3 aromatic rings. The van der Waals surface area contributed by atoms with Crippen molar-refractivity contribution in [2.24, 2.45) is 5.73 Å². The van der Waals surface area contributed by atoms with E-state index in [-0.39, 0.29) is 21.2 Å². The molecule has 0 bridgehead atoms. The molecule has 0 unspecified atom stereocenters. The number of rotatable bonds is 4.